The molecule has 1 N–H and O–H groups in total. The number of rotatable bonds is 7. The van der Waals surface area contributed by atoms with Crippen molar-refractivity contribution < 1.29 is 19.1 Å². The second-order valence-corrected chi connectivity index (χ2v) is 10.5. The lowest BCUT2D eigenvalue weighted by Gasteiger charge is -2.18. The molecule has 0 radical (unpaired) electrons. The molecule has 0 bridgehead atoms. The van der Waals surface area contributed by atoms with E-state index in [1.54, 1.807) is 48.1 Å². The fourth-order valence-corrected chi connectivity index (χ4v) is 3.72. The second kappa shape index (κ2) is 9.24. The van der Waals surface area contributed by atoms with Crippen LogP contribution in [0.15, 0.2) is 36.5 Å². The monoisotopic (exact) mass is 476 g/mol. The van der Waals surface area contributed by atoms with Crippen LogP contribution in [0.5, 0.6) is 0 Å². The van der Waals surface area contributed by atoms with Crippen LogP contribution in [-0.2, 0) is 9.53 Å². The first-order chi connectivity index (χ1) is 16.5. The highest BCUT2D eigenvalue weighted by Gasteiger charge is 2.30. The van der Waals surface area contributed by atoms with Crippen LogP contribution in [0.3, 0.4) is 0 Å². The maximum atomic E-state index is 13.2. The summed E-state index contributed by atoms with van der Waals surface area (Å²) in [5.74, 6) is -0.665. The Balaban J connectivity index is 1.51. The van der Waals surface area contributed by atoms with Crippen LogP contribution in [0.1, 0.15) is 92.8 Å². The van der Waals surface area contributed by atoms with Gasteiger partial charge in [-0.1, -0.05) is 20.8 Å². The molecule has 1 fully saturated rings. The molecule has 1 amide bonds. The van der Waals surface area contributed by atoms with Crippen molar-refractivity contribution in [2.75, 3.05) is 5.32 Å². The Kier molecular flexibility index (Phi) is 6.49. The number of pyridine rings is 1. The molecule has 0 aliphatic heterocycles. The first-order valence-corrected chi connectivity index (χ1v) is 12.0. The summed E-state index contributed by atoms with van der Waals surface area (Å²) in [6.07, 6.45) is 2.74. The Bertz CT molecular complexity index is 1280. The Labute approximate surface area is 205 Å². The van der Waals surface area contributed by atoms with E-state index in [0.717, 1.165) is 18.5 Å². The standard InChI is InChI=1S/C27H32N4O4/c1-15(2)31-24-21(14-28-31)20(13-22(30-24)17-7-8-17)25(33)35-16(3)23(32)18-9-11-19(12-10-18)29-26(34)27(4,5)6/h9-17H,7-8H2,1-6H3,(H,29,34)/t16-/m0/s1. The fourth-order valence-electron chi connectivity index (χ4n) is 3.72. The van der Waals surface area contributed by atoms with E-state index in [1.165, 1.54) is 0 Å². The van der Waals surface area contributed by atoms with Crippen LogP contribution >= 0.6 is 0 Å². The predicted octanol–water partition coefficient (Wildman–Crippen LogP) is 5.30. The minimum absolute atomic E-state index is 0.0926. The van der Waals surface area contributed by atoms with Gasteiger partial charge in [-0.05, 0) is 63.9 Å². The lowest BCUT2D eigenvalue weighted by atomic mass is 9.95. The minimum Gasteiger partial charge on any atom is -0.451 e. The van der Waals surface area contributed by atoms with E-state index in [0.29, 0.717) is 33.8 Å². The molecule has 8 heteroatoms. The van der Waals surface area contributed by atoms with Crippen LogP contribution in [0.4, 0.5) is 5.69 Å². The topological polar surface area (TPSA) is 103 Å². The molecule has 35 heavy (non-hydrogen) atoms. The number of benzene rings is 1. The van der Waals surface area contributed by atoms with Crippen molar-refractivity contribution in [3.63, 3.8) is 0 Å². The molecular weight excluding hydrogens is 444 g/mol. The van der Waals surface area contributed by atoms with Gasteiger partial charge < -0.3 is 10.1 Å². The van der Waals surface area contributed by atoms with E-state index in [1.807, 2.05) is 34.6 Å². The molecule has 2 heterocycles. The van der Waals surface area contributed by atoms with E-state index < -0.39 is 17.5 Å². The van der Waals surface area contributed by atoms with Crippen molar-refractivity contribution in [3.05, 3.63) is 53.3 Å². The molecule has 0 saturated heterocycles. The van der Waals surface area contributed by atoms with Crippen molar-refractivity contribution >= 4 is 34.4 Å². The summed E-state index contributed by atoms with van der Waals surface area (Å²) in [5, 5.41) is 7.86. The van der Waals surface area contributed by atoms with Crippen LogP contribution < -0.4 is 5.32 Å². The lowest BCUT2D eigenvalue weighted by Crippen LogP contribution is -2.27. The highest BCUT2D eigenvalue weighted by molar-refractivity contribution is 6.05. The van der Waals surface area contributed by atoms with E-state index in [2.05, 4.69) is 10.4 Å². The zero-order valence-electron chi connectivity index (χ0n) is 21.1. The van der Waals surface area contributed by atoms with E-state index in [-0.39, 0.29) is 17.7 Å². The summed E-state index contributed by atoms with van der Waals surface area (Å²) in [6, 6.07) is 8.44. The zero-order chi connectivity index (χ0) is 25.5. The number of hydrogen-bond acceptors (Lipinski definition) is 6. The first kappa shape index (κ1) is 24.6. The molecule has 1 saturated carbocycles. The number of nitrogens with zero attached hydrogens (tertiary/aromatic N) is 3. The Hall–Kier alpha value is -3.55. The van der Waals surface area contributed by atoms with E-state index in [4.69, 9.17) is 9.72 Å². The van der Waals surface area contributed by atoms with Crippen molar-refractivity contribution in [3.8, 4) is 0 Å². The molecule has 8 nitrogen and oxygen atoms in total. The Morgan fingerprint density at radius 1 is 1.09 bits per heavy atom. The fraction of sp³-hybridized carbons (Fsp3) is 0.444. The number of carbonyl (C=O) groups is 3. The SMILES string of the molecule is CC(C)n1ncc2c(C(=O)O[C@@H](C)C(=O)c3ccc(NC(=O)C(C)(C)C)cc3)cc(C3CC3)nc21. The third kappa shape index (κ3) is 5.26. The van der Waals surface area contributed by atoms with Gasteiger partial charge in [0.05, 0.1) is 17.1 Å². The smallest absolute Gasteiger partial charge is 0.339 e. The summed E-state index contributed by atoms with van der Waals surface area (Å²) < 4.78 is 7.40. The number of ether oxygens (including phenoxy) is 1. The molecule has 1 aromatic carbocycles. The highest BCUT2D eigenvalue weighted by atomic mass is 16.5. The van der Waals surface area contributed by atoms with Crippen molar-refractivity contribution in [2.45, 2.75) is 72.4 Å². The average molecular weight is 477 g/mol. The van der Waals surface area contributed by atoms with E-state index >= 15 is 0 Å². The van der Waals surface area contributed by atoms with Gasteiger partial charge in [0, 0.05) is 34.3 Å². The summed E-state index contributed by atoms with van der Waals surface area (Å²) in [5.41, 5.74) is 2.36. The van der Waals surface area contributed by atoms with Gasteiger partial charge in [-0.2, -0.15) is 5.10 Å². The van der Waals surface area contributed by atoms with Crippen LogP contribution in [0, 0.1) is 5.41 Å². The lowest BCUT2D eigenvalue weighted by molar-refractivity contribution is -0.123. The normalized spacial score (nSPS) is 14.7. The number of anilines is 1. The molecule has 4 rings (SSSR count). The van der Waals surface area contributed by atoms with Gasteiger partial charge in [0.15, 0.2) is 11.8 Å². The van der Waals surface area contributed by atoms with Gasteiger partial charge in [0.25, 0.3) is 0 Å². The Morgan fingerprint density at radius 2 is 1.74 bits per heavy atom. The molecular formula is C27H32N4O4. The number of nitrogens with one attached hydrogen (secondary N) is 1. The summed E-state index contributed by atoms with van der Waals surface area (Å²) in [7, 11) is 0. The number of amides is 1. The third-order valence-electron chi connectivity index (χ3n) is 6.05. The molecule has 1 aliphatic rings. The third-order valence-corrected chi connectivity index (χ3v) is 6.05. The number of aromatic nitrogens is 3. The molecule has 0 unspecified atom stereocenters. The Morgan fingerprint density at radius 3 is 2.31 bits per heavy atom. The molecule has 2 aromatic heterocycles. The van der Waals surface area contributed by atoms with Gasteiger partial charge in [-0.25, -0.2) is 14.5 Å². The predicted molar refractivity (Wildman–Crippen MR) is 134 cm³/mol. The van der Waals surface area contributed by atoms with Crippen LogP contribution in [-0.4, -0.2) is 38.5 Å². The highest BCUT2D eigenvalue weighted by Crippen LogP contribution is 2.40. The van der Waals surface area contributed by atoms with Crippen LogP contribution in [0.2, 0.25) is 0 Å². The number of fused-ring (bicyclic) bond motifs is 1. The van der Waals surface area contributed by atoms with E-state index in [9.17, 15) is 14.4 Å². The molecule has 0 spiro atoms. The summed E-state index contributed by atoms with van der Waals surface area (Å²) >= 11 is 0. The summed E-state index contributed by atoms with van der Waals surface area (Å²) in [4.78, 5) is 43.1. The van der Waals surface area contributed by atoms with Gasteiger partial charge in [0.2, 0.25) is 11.7 Å². The first-order valence-electron chi connectivity index (χ1n) is 12.0. The van der Waals surface area contributed by atoms with Gasteiger partial charge in [-0.15, -0.1) is 0 Å². The number of esters is 1. The van der Waals surface area contributed by atoms with Crippen molar-refractivity contribution in [2.24, 2.45) is 5.41 Å². The number of carbonyl (C=O) groups excluding carboxylic acids is 3. The van der Waals surface area contributed by atoms with Crippen molar-refractivity contribution in [1.82, 2.24) is 14.8 Å². The number of hydrogen-bond donors (Lipinski definition) is 1. The maximum Gasteiger partial charge on any atom is 0.339 e. The van der Waals surface area contributed by atoms with Gasteiger partial charge in [-0.3, -0.25) is 9.59 Å². The summed E-state index contributed by atoms with van der Waals surface area (Å²) in [6.45, 7) is 11.1. The molecule has 1 atom stereocenters. The molecule has 3 aromatic rings. The average Bonchev–Trinajstić information content (AvgIpc) is 3.56. The largest absolute Gasteiger partial charge is 0.451 e. The van der Waals surface area contributed by atoms with Crippen LogP contribution in [0.25, 0.3) is 11.0 Å². The minimum atomic E-state index is -0.981. The van der Waals surface area contributed by atoms with Gasteiger partial charge >= 0.3 is 5.97 Å². The number of Topliss-reactive ketones (excluding diaryl/α,β-unsaturated/α-hetero) is 1. The zero-order valence-corrected chi connectivity index (χ0v) is 21.1. The second-order valence-electron chi connectivity index (χ2n) is 10.5. The maximum absolute atomic E-state index is 13.2. The quantitative estimate of drug-likeness (QED) is 0.366. The van der Waals surface area contributed by atoms with Gasteiger partial charge in [0.1, 0.15) is 0 Å². The molecule has 1 aliphatic carbocycles. The number of ketones is 1. The molecule has 184 valence electrons. The van der Waals surface area contributed by atoms with Crippen molar-refractivity contribution in [1.29, 1.82) is 0 Å².